The van der Waals surface area contributed by atoms with Crippen LogP contribution in [0.1, 0.15) is 86.0 Å². The highest BCUT2D eigenvalue weighted by atomic mass is 16.4. The number of hydrogen-bond donors (Lipinski definition) is 1. The minimum atomic E-state index is -0.923. The van der Waals surface area contributed by atoms with Gasteiger partial charge in [-0.15, -0.1) is 0 Å². The Morgan fingerprint density at radius 1 is 0.837 bits per heavy atom. The first kappa shape index (κ1) is 28.7. The Hall–Kier alpha value is -4.38. The molecule has 5 aromatic rings. The predicted molar refractivity (Wildman–Crippen MR) is 176 cm³/mol. The molecule has 0 spiro atoms. The van der Waals surface area contributed by atoms with Crippen LogP contribution in [0.3, 0.4) is 0 Å². The molecule has 6 rings (SSSR count). The van der Waals surface area contributed by atoms with Crippen LogP contribution in [0.15, 0.2) is 97.1 Å². The van der Waals surface area contributed by atoms with Crippen LogP contribution < -0.4 is 4.90 Å². The van der Waals surface area contributed by atoms with Gasteiger partial charge in [-0.05, 0) is 65.3 Å². The first-order chi connectivity index (χ1) is 20.8. The fraction of sp³-hybridized carbons (Fsp3) is 0.316. The van der Waals surface area contributed by atoms with Gasteiger partial charge in [-0.2, -0.15) is 0 Å². The molecular formula is C38H41N3O2. The van der Waals surface area contributed by atoms with Gasteiger partial charge in [0.2, 0.25) is 0 Å². The van der Waals surface area contributed by atoms with E-state index >= 15 is 0 Å². The zero-order valence-electron chi connectivity index (χ0n) is 25.5. The van der Waals surface area contributed by atoms with Crippen molar-refractivity contribution in [2.24, 2.45) is 0 Å². The zero-order valence-corrected chi connectivity index (χ0v) is 25.5. The summed E-state index contributed by atoms with van der Waals surface area (Å²) in [5.41, 5.74) is 8.26. The van der Waals surface area contributed by atoms with Gasteiger partial charge in [-0.25, -0.2) is 9.78 Å². The molecule has 1 aliphatic carbocycles. The molecular weight excluding hydrogens is 530 g/mol. The summed E-state index contributed by atoms with van der Waals surface area (Å²) in [5.74, 6) is 0.00280. The van der Waals surface area contributed by atoms with E-state index in [0.29, 0.717) is 6.04 Å². The number of carbonyl (C=O) groups is 1. The lowest BCUT2D eigenvalue weighted by Gasteiger charge is -2.27. The number of nitrogens with zero attached hydrogens (tertiary/aromatic N) is 3. The van der Waals surface area contributed by atoms with Gasteiger partial charge >= 0.3 is 5.97 Å². The second-order valence-electron chi connectivity index (χ2n) is 12.9. The Kier molecular flexibility index (Phi) is 8.07. The number of hydrogen-bond acceptors (Lipinski definition) is 3. The van der Waals surface area contributed by atoms with Crippen molar-refractivity contribution < 1.29 is 9.90 Å². The van der Waals surface area contributed by atoms with E-state index in [4.69, 9.17) is 4.98 Å². The molecule has 1 aromatic heterocycles. The monoisotopic (exact) mass is 571 g/mol. The fourth-order valence-electron chi connectivity index (χ4n) is 6.34. The van der Waals surface area contributed by atoms with Crippen LogP contribution in [0.2, 0.25) is 0 Å². The smallest absolute Gasteiger partial charge is 0.335 e. The molecule has 0 radical (unpaired) electrons. The van der Waals surface area contributed by atoms with Crippen LogP contribution in [0.25, 0.3) is 22.4 Å². The number of carboxylic acid groups (broad SMARTS) is 1. The van der Waals surface area contributed by atoms with Crippen molar-refractivity contribution in [3.05, 3.63) is 119 Å². The van der Waals surface area contributed by atoms with E-state index in [-0.39, 0.29) is 11.0 Å². The fourth-order valence-corrected chi connectivity index (χ4v) is 6.34. The van der Waals surface area contributed by atoms with Crippen LogP contribution >= 0.6 is 0 Å². The second kappa shape index (κ2) is 12.1. The number of carboxylic acids is 1. The normalized spacial score (nSPS) is 14.2. The molecule has 1 saturated carbocycles. The molecule has 5 heteroatoms. The summed E-state index contributed by atoms with van der Waals surface area (Å²) in [5, 5.41) is 9.57. The van der Waals surface area contributed by atoms with Crippen molar-refractivity contribution in [2.45, 2.75) is 77.4 Å². The summed E-state index contributed by atoms with van der Waals surface area (Å²) < 4.78 is 2.37. The Morgan fingerprint density at radius 3 is 2.12 bits per heavy atom. The third kappa shape index (κ3) is 6.36. The maximum absolute atomic E-state index is 11.7. The topological polar surface area (TPSA) is 58.4 Å². The molecule has 0 amide bonds. The van der Waals surface area contributed by atoms with Crippen LogP contribution in [0.5, 0.6) is 0 Å². The molecule has 43 heavy (non-hydrogen) atoms. The van der Waals surface area contributed by atoms with E-state index in [1.807, 2.05) is 6.07 Å². The quantitative estimate of drug-likeness (QED) is 0.202. The Labute approximate surface area is 254 Å². The molecule has 1 heterocycles. The third-order valence-corrected chi connectivity index (χ3v) is 8.78. The molecule has 0 saturated heterocycles. The third-order valence-electron chi connectivity index (χ3n) is 8.78. The average Bonchev–Trinajstić information content (AvgIpc) is 3.40. The lowest BCUT2D eigenvalue weighted by atomic mass is 9.87. The summed E-state index contributed by atoms with van der Waals surface area (Å²) >= 11 is 0. The highest BCUT2D eigenvalue weighted by molar-refractivity contribution is 5.93. The number of benzene rings is 4. The number of aromatic carboxylic acids is 1. The zero-order chi connectivity index (χ0) is 30.0. The maximum Gasteiger partial charge on any atom is 0.335 e. The molecule has 0 aliphatic heterocycles. The molecule has 0 bridgehead atoms. The molecule has 0 unspecified atom stereocenters. The van der Waals surface area contributed by atoms with Crippen molar-refractivity contribution >= 4 is 22.7 Å². The first-order valence-electron chi connectivity index (χ1n) is 15.5. The van der Waals surface area contributed by atoms with E-state index in [9.17, 15) is 9.90 Å². The van der Waals surface area contributed by atoms with Crippen molar-refractivity contribution in [1.29, 1.82) is 0 Å². The van der Waals surface area contributed by atoms with Crippen LogP contribution in [-0.4, -0.2) is 20.6 Å². The van der Waals surface area contributed by atoms with Gasteiger partial charge in [-0.3, -0.25) is 0 Å². The number of aromatic nitrogens is 2. The second-order valence-corrected chi connectivity index (χ2v) is 12.9. The molecule has 1 aliphatic rings. The lowest BCUT2D eigenvalue weighted by molar-refractivity contribution is 0.0697. The van der Waals surface area contributed by atoms with E-state index in [1.54, 1.807) is 12.1 Å². The van der Waals surface area contributed by atoms with Crippen LogP contribution in [-0.2, 0) is 18.5 Å². The first-order valence-corrected chi connectivity index (χ1v) is 15.5. The number of imidazole rings is 1. The minimum absolute atomic E-state index is 0.113. The molecule has 1 fully saturated rings. The van der Waals surface area contributed by atoms with E-state index < -0.39 is 5.97 Å². The van der Waals surface area contributed by atoms with Crippen molar-refractivity contribution in [1.82, 2.24) is 9.55 Å². The van der Waals surface area contributed by atoms with Gasteiger partial charge in [-0.1, -0.05) is 107 Å². The largest absolute Gasteiger partial charge is 0.478 e. The van der Waals surface area contributed by atoms with Crippen molar-refractivity contribution in [2.75, 3.05) is 4.90 Å². The molecule has 1 N–H and O–H groups in total. The number of anilines is 1. The van der Waals surface area contributed by atoms with Gasteiger partial charge in [0.1, 0.15) is 5.82 Å². The summed E-state index contributed by atoms with van der Waals surface area (Å²) in [4.78, 5) is 19.1. The standard InChI is InChI=1S/C38H41N3O2/c1-38(2,3)31-19-21-32(22-20-31)40(25-27-10-6-4-7-11-27)26-28-14-16-29(17-15-28)36-39-34-24-30(37(42)43)18-23-35(34)41(36)33-12-8-5-9-13-33/h4,6-7,10-11,14-24,33H,5,8-9,12-13,25-26H2,1-3H3,(H,42,43). The molecule has 5 nitrogen and oxygen atoms in total. The predicted octanol–water partition coefficient (Wildman–Crippen LogP) is 9.41. The van der Waals surface area contributed by atoms with Gasteiger partial charge in [0.25, 0.3) is 0 Å². The molecule has 0 atom stereocenters. The van der Waals surface area contributed by atoms with E-state index in [0.717, 1.165) is 48.4 Å². The SMILES string of the molecule is CC(C)(C)c1ccc(N(Cc2ccccc2)Cc2ccc(-c3nc4cc(C(=O)O)ccc4n3C3CCCCC3)cc2)cc1. The molecule has 220 valence electrons. The Balaban J connectivity index is 1.32. The summed E-state index contributed by atoms with van der Waals surface area (Å²) in [6.45, 7) is 8.35. The summed E-state index contributed by atoms with van der Waals surface area (Å²) in [7, 11) is 0. The van der Waals surface area contributed by atoms with Gasteiger partial charge in [0.15, 0.2) is 0 Å². The van der Waals surface area contributed by atoms with Gasteiger partial charge < -0.3 is 14.6 Å². The highest BCUT2D eigenvalue weighted by Gasteiger charge is 2.23. The average molecular weight is 572 g/mol. The summed E-state index contributed by atoms with van der Waals surface area (Å²) in [6, 6.07) is 34.1. The summed E-state index contributed by atoms with van der Waals surface area (Å²) in [6.07, 6.45) is 5.95. The minimum Gasteiger partial charge on any atom is -0.478 e. The maximum atomic E-state index is 11.7. The van der Waals surface area contributed by atoms with Gasteiger partial charge in [0.05, 0.1) is 16.6 Å². The van der Waals surface area contributed by atoms with E-state index in [2.05, 4.69) is 109 Å². The Bertz CT molecular complexity index is 1690. The van der Waals surface area contributed by atoms with E-state index in [1.165, 1.54) is 41.6 Å². The number of fused-ring (bicyclic) bond motifs is 1. The van der Waals surface area contributed by atoms with Gasteiger partial charge in [0, 0.05) is 30.4 Å². The van der Waals surface area contributed by atoms with Crippen LogP contribution in [0, 0.1) is 0 Å². The lowest BCUT2D eigenvalue weighted by Crippen LogP contribution is -2.22. The van der Waals surface area contributed by atoms with Crippen molar-refractivity contribution in [3.63, 3.8) is 0 Å². The van der Waals surface area contributed by atoms with Crippen molar-refractivity contribution in [3.8, 4) is 11.4 Å². The number of rotatable bonds is 8. The Morgan fingerprint density at radius 2 is 1.49 bits per heavy atom. The highest BCUT2D eigenvalue weighted by Crippen LogP contribution is 2.36. The van der Waals surface area contributed by atoms with Crippen LogP contribution in [0.4, 0.5) is 5.69 Å². The molecule has 4 aromatic carbocycles.